The maximum absolute atomic E-state index is 12.0. The summed E-state index contributed by atoms with van der Waals surface area (Å²) in [7, 11) is 3.50. The third-order valence-corrected chi connectivity index (χ3v) is 6.53. The van der Waals surface area contributed by atoms with Gasteiger partial charge in [-0.05, 0) is 44.7 Å². The Morgan fingerprint density at radius 2 is 2.09 bits per heavy atom. The van der Waals surface area contributed by atoms with E-state index < -0.39 is 0 Å². The number of ether oxygens (including phenoxy) is 1. The van der Waals surface area contributed by atoms with Crippen LogP contribution in [-0.4, -0.2) is 64.2 Å². The fourth-order valence-electron chi connectivity index (χ4n) is 3.77. The number of anilines is 1. The lowest BCUT2D eigenvalue weighted by molar-refractivity contribution is 0.123. The smallest absolute Gasteiger partial charge is 0.324 e. The molecule has 10 nitrogen and oxygen atoms in total. The summed E-state index contributed by atoms with van der Waals surface area (Å²) in [5, 5.41) is 10.8. The highest BCUT2D eigenvalue weighted by Gasteiger charge is 2.28. The van der Waals surface area contributed by atoms with E-state index in [2.05, 4.69) is 52.6 Å². The topological polar surface area (TPSA) is 101 Å². The van der Waals surface area contributed by atoms with Crippen molar-refractivity contribution in [2.24, 2.45) is 23.1 Å². The van der Waals surface area contributed by atoms with Crippen LogP contribution in [0.4, 0.5) is 6.01 Å². The average molecular weight is 502 g/mol. The molecular formula is C24H35N7O3S. The van der Waals surface area contributed by atoms with E-state index in [1.807, 2.05) is 12.3 Å². The van der Waals surface area contributed by atoms with Crippen molar-refractivity contribution in [3.63, 3.8) is 0 Å². The normalized spacial score (nSPS) is 16.5. The number of hydrazone groups is 1. The Balaban J connectivity index is 1.60. The molecule has 35 heavy (non-hydrogen) atoms. The van der Waals surface area contributed by atoms with Crippen molar-refractivity contribution in [3.8, 4) is 0 Å². The van der Waals surface area contributed by atoms with Crippen LogP contribution in [0.5, 0.6) is 0 Å². The lowest BCUT2D eigenvalue weighted by atomic mass is 9.92. The van der Waals surface area contributed by atoms with Crippen LogP contribution in [0.1, 0.15) is 50.9 Å². The van der Waals surface area contributed by atoms with Crippen molar-refractivity contribution in [3.05, 3.63) is 46.3 Å². The zero-order valence-corrected chi connectivity index (χ0v) is 22.2. The molecule has 3 heterocycles. The Morgan fingerprint density at radius 1 is 1.37 bits per heavy atom. The first-order chi connectivity index (χ1) is 16.7. The van der Waals surface area contributed by atoms with Crippen LogP contribution < -0.4 is 10.5 Å². The minimum absolute atomic E-state index is 0.00350. The predicted molar refractivity (Wildman–Crippen MR) is 142 cm³/mol. The van der Waals surface area contributed by atoms with E-state index in [1.165, 1.54) is 22.4 Å². The molecule has 1 aliphatic heterocycles. The van der Waals surface area contributed by atoms with Gasteiger partial charge in [0.1, 0.15) is 6.10 Å². The lowest BCUT2D eigenvalue weighted by Gasteiger charge is -2.33. The molecular weight excluding hydrogens is 466 g/mol. The number of hydrogen-bond donors (Lipinski definition) is 0. The van der Waals surface area contributed by atoms with Gasteiger partial charge in [-0.25, -0.2) is 0 Å². The first-order valence-corrected chi connectivity index (χ1v) is 12.9. The summed E-state index contributed by atoms with van der Waals surface area (Å²) >= 11 is 1.44. The van der Waals surface area contributed by atoms with Gasteiger partial charge in [0.15, 0.2) is 5.82 Å². The van der Waals surface area contributed by atoms with E-state index in [0.717, 1.165) is 31.8 Å². The van der Waals surface area contributed by atoms with Crippen molar-refractivity contribution in [1.29, 1.82) is 0 Å². The second-order valence-corrected chi connectivity index (χ2v) is 9.68. The maximum atomic E-state index is 12.0. The lowest BCUT2D eigenvalue weighted by Crippen LogP contribution is -2.38. The second-order valence-electron chi connectivity index (χ2n) is 8.92. The number of pyridine rings is 1. The molecule has 0 amide bonds. The second kappa shape index (κ2) is 12.1. The number of nitrogens with zero attached hydrogens (tertiary/aromatic N) is 7. The fraction of sp³-hybridized carbons (Fsp3) is 0.542. The molecule has 11 heteroatoms. The number of aliphatic imine (C=N–C) groups is 1. The van der Waals surface area contributed by atoms with Crippen molar-refractivity contribution >= 4 is 35.4 Å². The molecule has 1 fully saturated rings. The van der Waals surface area contributed by atoms with Gasteiger partial charge in [-0.1, -0.05) is 30.8 Å². The Kier molecular flexibility index (Phi) is 9.13. The number of aromatic nitrogens is 3. The number of hydrogen-bond acceptors (Lipinski definition) is 10. The van der Waals surface area contributed by atoms with Crippen molar-refractivity contribution in [2.45, 2.75) is 45.6 Å². The summed E-state index contributed by atoms with van der Waals surface area (Å²) in [5.74, 6) is 1.37. The molecule has 190 valence electrons. The van der Waals surface area contributed by atoms with Crippen molar-refractivity contribution in [1.82, 2.24) is 19.7 Å². The highest BCUT2D eigenvalue weighted by Crippen LogP contribution is 2.27. The summed E-state index contributed by atoms with van der Waals surface area (Å²) in [6.45, 7) is 11.5. The van der Waals surface area contributed by atoms with E-state index >= 15 is 0 Å². The van der Waals surface area contributed by atoms with Crippen LogP contribution in [0, 0.1) is 5.92 Å². The number of aryl methyl sites for hydroxylation is 1. The van der Waals surface area contributed by atoms with Gasteiger partial charge < -0.3 is 18.7 Å². The van der Waals surface area contributed by atoms with Gasteiger partial charge in [0.05, 0.1) is 5.70 Å². The molecule has 1 atom stereocenters. The molecule has 0 aliphatic carbocycles. The van der Waals surface area contributed by atoms with Gasteiger partial charge in [0.2, 0.25) is 0 Å². The number of piperidine rings is 1. The summed E-state index contributed by atoms with van der Waals surface area (Å²) in [4.78, 5) is 22.7. The van der Waals surface area contributed by atoms with Crippen LogP contribution in [0.2, 0.25) is 0 Å². The first-order valence-electron chi connectivity index (χ1n) is 11.7. The first kappa shape index (κ1) is 26.5. The monoisotopic (exact) mass is 501 g/mol. The van der Waals surface area contributed by atoms with Crippen molar-refractivity contribution in [2.75, 3.05) is 31.3 Å². The summed E-state index contributed by atoms with van der Waals surface area (Å²) in [6, 6.07) is 3.94. The average Bonchev–Trinajstić information content (AvgIpc) is 3.35. The SMILES string of the molecule is C=N/C(=C\N(C)/N=C(/O[C@@H](C)C1CCN(c2nc(C(C)C)no2)CC1)SC)c1ccn(C)c(=O)c1. The molecule has 0 bridgehead atoms. The van der Waals surface area contributed by atoms with Gasteiger partial charge in [0, 0.05) is 57.1 Å². The highest BCUT2D eigenvalue weighted by atomic mass is 32.2. The van der Waals surface area contributed by atoms with Crippen LogP contribution >= 0.6 is 11.8 Å². The van der Waals surface area contributed by atoms with Crippen LogP contribution in [0.3, 0.4) is 0 Å². The molecule has 1 aliphatic rings. The van der Waals surface area contributed by atoms with Crippen LogP contribution in [0.15, 0.2) is 43.9 Å². The van der Waals surface area contributed by atoms with Gasteiger partial charge in [-0.3, -0.25) is 14.8 Å². The minimum Gasteiger partial charge on any atom is -0.469 e. The Bertz CT molecular complexity index is 1120. The fourth-order valence-corrected chi connectivity index (χ4v) is 4.22. The number of thioether (sulfide) groups is 1. The van der Waals surface area contributed by atoms with Gasteiger partial charge >= 0.3 is 6.01 Å². The molecule has 0 radical (unpaired) electrons. The molecule has 0 saturated carbocycles. The van der Waals surface area contributed by atoms with Gasteiger partial charge in [0.25, 0.3) is 10.8 Å². The van der Waals surface area contributed by atoms with E-state index in [9.17, 15) is 4.79 Å². The summed E-state index contributed by atoms with van der Waals surface area (Å²) in [6.07, 6.45) is 7.28. The largest absolute Gasteiger partial charge is 0.469 e. The zero-order valence-electron chi connectivity index (χ0n) is 21.3. The Labute approximate surface area is 210 Å². The molecule has 1 saturated heterocycles. The zero-order chi connectivity index (χ0) is 25.5. The highest BCUT2D eigenvalue weighted by molar-refractivity contribution is 8.12. The summed E-state index contributed by atoms with van der Waals surface area (Å²) < 4.78 is 13.2. The Hall–Kier alpha value is -3.08. The van der Waals surface area contributed by atoms with Gasteiger partial charge in [-0.15, -0.1) is 5.10 Å². The van der Waals surface area contributed by atoms with Crippen molar-refractivity contribution < 1.29 is 9.26 Å². The molecule has 0 aromatic carbocycles. The predicted octanol–water partition coefficient (Wildman–Crippen LogP) is 3.78. The molecule has 2 aromatic rings. The standard InChI is InChI=1S/C24H35N7O3S/c1-16(2)22-26-23(34-28-22)31-12-9-18(10-13-31)17(3)33-24(35-7)27-30(6)15-20(25-4)19-8-11-29(5)21(32)14-19/h8,11,14-18H,4,9-10,12-13H2,1-3,5-7H3/b20-15-,27-24-/t17-/m0/s1. The molecule has 3 rings (SSSR count). The van der Waals surface area contributed by atoms with E-state index in [4.69, 9.17) is 9.26 Å². The summed E-state index contributed by atoms with van der Waals surface area (Å²) in [5.41, 5.74) is 1.12. The van der Waals surface area contributed by atoms with Crippen LogP contribution in [0.25, 0.3) is 5.70 Å². The quantitative estimate of drug-likeness (QED) is 0.306. The molecule has 0 spiro atoms. The van der Waals surface area contributed by atoms with E-state index in [0.29, 0.717) is 28.4 Å². The molecule has 0 unspecified atom stereocenters. The van der Waals surface area contributed by atoms with E-state index in [1.54, 1.807) is 31.5 Å². The van der Waals surface area contributed by atoms with Crippen LogP contribution in [-0.2, 0) is 11.8 Å². The van der Waals surface area contributed by atoms with E-state index in [-0.39, 0.29) is 17.6 Å². The third kappa shape index (κ3) is 6.97. The molecule has 2 aromatic heterocycles. The van der Waals surface area contributed by atoms with Gasteiger partial charge in [-0.2, -0.15) is 4.98 Å². The number of rotatable bonds is 8. The minimum atomic E-state index is -0.115. The Morgan fingerprint density at radius 3 is 2.66 bits per heavy atom. The maximum Gasteiger partial charge on any atom is 0.324 e. The molecule has 0 N–H and O–H groups in total. The third-order valence-electron chi connectivity index (χ3n) is 6.00.